The first kappa shape index (κ1) is 13.3. The summed E-state index contributed by atoms with van der Waals surface area (Å²) in [5.74, 6) is 0.658. The molecule has 0 bridgehead atoms. The smallest absolute Gasteiger partial charge is 0.213 e. The standard InChI is InChI=1S/C12H19ClN2O/c1-3-4-5-8-16-12-7-6-10(13)11(15-12)9-14-2/h6-7,14H,3-5,8-9H2,1-2H3. The first-order valence-corrected chi connectivity index (χ1v) is 6.08. The average Bonchev–Trinajstić information content (AvgIpc) is 2.29. The van der Waals surface area contributed by atoms with E-state index in [1.165, 1.54) is 12.8 Å². The van der Waals surface area contributed by atoms with Crippen LogP contribution in [0.1, 0.15) is 31.9 Å². The van der Waals surface area contributed by atoms with Crippen LogP contribution in [0.2, 0.25) is 5.02 Å². The number of pyridine rings is 1. The highest BCUT2D eigenvalue weighted by Crippen LogP contribution is 2.18. The topological polar surface area (TPSA) is 34.1 Å². The summed E-state index contributed by atoms with van der Waals surface area (Å²) in [4.78, 5) is 4.34. The molecule has 0 saturated heterocycles. The molecule has 1 N–H and O–H groups in total. The van der Waals surface area contributed by atoms with E-state index in [1.807, 2.05) is 19.2 Å². The Balaban J connectivity index is 2.50. The maximum Gasteiger partial charge on any atom is 0.213 e. The first-order chi connectivity index (χ1) is 7.77. The molecule has 0 fully saturated rings. The maximum absolute atomic E-state index is 6.00. The number of nitrogens with zero attached hydrogens (tertiary/aromatic N) is 1. The van der Waals surface area contributed by atoms with Crippen molar-refractivity contribution in [2.24, 2.45) is 0 Å². The van der Waals surface area contributed by atoms with Crippen LogP contribution in [0.5, 0.6) is 5.88 Å². The van der Waals surface area contributed by atoms with Crippen molar-refractivity contribution < 1.29 is 4.74 Å². The summed E-state index contributed by atoms with van der Waals surface area (Å²) in [6, 6.07) is 3.64. The van der Waals surface area contributed by atoms with Crippen LogP contribution in [0.25, 0.3) is 0 Å². The molecule has 0 aliphatic rings. The van der Waals surface area contributed by atoms with Gasteiger partial charge in [0.1, 0.15) is 0 Å². The molecule has 0 atom stereocenters. The zero-order valence-electron chi connectivity index (χ0n) is 9.92. The van der Waals surface area contributed by atoms with E-state index in [-0.39, 0.29) is 0 Å². The predicted molar refractivity (Wildman–Crippen MR) is 67.0 cm³/mol. The molecule has 0 aliphatic carbocycles. The van der Waals surface area contributed by atoms with Gasteiger partial charge >= 0.3 is 0 Å². The molecule has 4 heteroatoms. The normalized spacial score (nSPS) is 10.4. The van der Waals surface area contributed by atoms with Crippen molar-refractivity contribution >= 4 is 11.6 Å². The second kappa shape index (κ2) is 7.47. The van der Waals surface area contributed by atoms with Crippen LogP contribution in [-0.4, -0.2) is 18.6 Å². The van der Waals surface area contributed by atoms with E-state index in [1.54, 1.807) is 0 Å². The van der Waals surface area contributed by atoms with Gasteiger partial charge in [-0.25, -0.2) is 4.98 Å². The molecule has 0 aromatic carbocycles. The molecule has 1 aromatic heterocycles. The van der Waals surface area contributed by atoms with Gasteiger partial charge in [-0.1, -0.05) is 31.4 Å². The van der Waals surface area contributed by atoms with Crippen molar-refractivity contribution in [2.45, 2.75) is 32.7 Å². The van der Waals surface area contributed by atoms with E-state index < -0.39 is 0 Å². The third kappa shape index (κ3) is 4.37. The Morgan fingerprint density at radius 2 is 2.19 bits per heavy atom. The van der Waals surface area contributed by atoms with Crippen LogP contribution >= 0.6 is 11.6 Å². The van der Waals surface area contributed by atoms with Crippen LogP contribution in [0.3, 0.4) is 0 Å². The molecule has 90 valence electrons. The summed E-state index contributed by atoms with van der Waals surface area (Å²) in [6.07, 6.45) is 3.46. The third-order valence-electron chi connectivity index (χ3n) is 2.24. The molecular weight excluding hydrogens is 224 g/mol. The number of hydrogen-bond acceptors (Lipinski definition) is 3. The van der Waals surface area contributed by atoms with E-state index in [4.69, 9.17) is 16.3 Å². The summed E-state index contributed by atoms with van der Waals surface area (Å²) in [7, 11) is 1.87. The highest BCUT2D eigenvalue weighted by molar-refractivity contribution is 6.31. The van der Waals surface area contributed by atoms with Gasteiger partial charge in [-0.05, 0) is 19.5 Å². The number of nitrogens with one attached hydrogen (secondary N) is 1. The largest absolute Gasteiger partial charge is 0.478 e. The van der Waals surface area contributed by atoms with Crippen LogP contribution in [0.15, 0.2) is 12.1 Å². The van der Waals surface area contributed by atoms with Gasteiger partial charge in [0, 0.05) is 12.6 Å². The number of rotatable bonds is 7. The first-order valence-electron chi connectivity index (χ1n) is 5.70. The minimum atomic E-state index is 0.658. The van der Waals surface area contributed by atoms with Gasteiger partial charge < -0.3 is 10.1 Å². The van der Waals surface area contributed by atoms with E-state index in [2.05, 4.69) is 17.2 Å². The Morgan fingerprint density at radius 1 is 1.38 bits per heavy atom. The number of halogens is 1. The number of ether oxygens (including phenoxy) is 1. The monoisotopic (exact) mass is 242 g/mol. The van der Waals surface area contributed by atoms with Crippen molar-refractivity contribution in [1.29, 1.82) is 0 Å². The lowest BCUT2D eigenvalue weighted by Gasteiger charge is -2.08. The highest BCUT2D eigenvalue weighted by atomic mass is 35.5. The number of unbranched alkanes of at least 4 members (excludes halogenated alkanes) is 2. The fourth-order valence-corrected chi connectivity index (χ4v) is 1.54. The quantitative estimate of drug-likeness (QED) is 0.747. The summed E-state index contributed by atoms with van der Waals surface area (Å²) in [6.45, 7) is 3.55. The van der Waals surface area contributed by atoms with Crippen molar-refractivity contribution in [3.63, 3.8) is 0 Å². The van der Waals surface area contributed by atoms with Gasteiger partial charge in [0.2, 0.25) is 5.88 Å². The van der Waals surface area contributed by atoms with Crippen LogP contribution in [-0.2, 0) is 6.54 Å². The molecule has 0 radical (unpaired) electrons. The van der Waals surface area contributed by atoms with E-state index >= 15 is 0 Å². The molecule has 1 heterocycles. The Morgan fingerprint density at radius 3 is 2.88 bits per heavy atom. The van der Waals surface area contributed by atoms with Gasteiger partial charge in [-0.2, -0.15) is 0 Å². The van der Waals surface area contributed by atoms with Crippen molar-refractivity contribution in [3.8, 4) is 5.88 Å². The van der Waals surface area contributed by atoms with Crippen molar-refractivity contribution in [1.82, 2.24) is 10.3 Å². The van der Waals surface area contributed by atoms with Gasteiger partial charge in [-0.15, -0.1) is 0 Å². The number of hydrogen-bond donors (Lipinski definition) is 1. The summed E-state index contributed by atoms with van der Waals surface area (Å²) in [5.41, 5.74) is 0.831. The zero-order valence-corrected chi connectivity index (χ0v) is 10.7. The van der Waals surface area contributed by atoms with Crippen molar-refractivity contribution in [3.05, 3.63) is 22.8 Å². The molecule has 1 aromatic rings. The van der Waals surface area contributed by atoms with Gasteiger partial charge in [0.25, 0.3) is 0 Å². The summed E-state index contributed by atoms with van der Waals surface area (Å²) in [5, 5.41) is 3.70. The van der Waals surface area contributed by atoms with Gasteiger partial charge in [-0.3, -0.25) is 0 Å². The van der Waals surface area contributed by atoms with Gasteiger partial charge in [0.15, 0.2) is 0 Å². The molecule has 0 amide bonds. The molecule has 1 rings (SSSR count). The predicted octanol–water partition coefficient (Wildman–Crippen LogP) is 3.02. The van der Waals surface area contributed by atoms with E-state index in [0.29, 0.717) is 17.4 Å². The highest BCUT2D eigenvalue weighted by Gasteiger charge is 2.03. The lowest BCUT2D eigenvalue weighted by molar-refractivity contribution is 0.294. The Bertz CT molecular complexity index is 318. The van der Waals surface area contributed by atoms with Gasteiger partial charge in [0.05, 0.1) is 17.3 Å². The second-order valence-corrected chi connectivity index (χ2v) is 4.07. The average molecular weight is 243 g/mol. The van der Waals surface area contributed by atoms with E-state index in [9.17, 15) is 0 Å². The third-order valence-corrected chi connectivity index (χ3v) is 2.58. The zero-order chi connectivity index (χ0) is 11.8. The number of aromatic nitrogens is 1. The molecule has 0 aliphatic heterocycles. The Labute approximate surface area is 102 Å². The second-order valence-electron chi connectivity index (χ2n) is 3.66. The van der Waals surface area contributed by atoms with Crippen LogP contribution in [0.4, 0.5) is 0 Å². The molecule has 0 spiro atoms. The molecular formula is C12H19ClN2O. The fourth-order valence-electron chi connectivity index (χ4n) is 1.36. The van der Waals surface area contributed by atoms with E-state index in [0.717, 1.165) is 18.7 Å². The summed E-state index contributed by atoms with van der Waals surface area (Å²) >= 11 is 6.00. The fraction of sp³-hybridized carbons (Fsp3) is 0.583. The lowest BCUT2D eigenvalue weighted by Crippen LogP contribution is -2.08. The minimum Gasteiger partial charge on any atom is -0.478 e. The Kier molecular flexibility index (Phi) is 6.19. The molecule has 0 unspecified atom stereocenters. The molecule has 16 heavy (non-hydrogen) atoms. The molecule has 0 saturated carbocycles. The van der Waals surface area contributed by atoms with Crippen LogP contribution < -0.4 is 10.1 Å². The maximum atomic E-state index is 6.00. The Hall–Kier alpha value is -0.800. The van der Waals surface area contributed by atoms with Crippen LogP contribution in [0, 0.1) is 0 Å². The lowest BCUT2D eigenvalue weighted by atomic mass is 10.3. The minimum absolute atomic E-state index is 0.658. The SMILES string of the molecule is CCCCCOc1ccc(Cl)c(CNC)n1. The van der Waals surface area contributed by atoms with Crippen molar-refractivity contribution in [2.75, 3.05) is 13.7 Å². The molecule has 3 nitrogen and oxygen atoms in total. The summed E-state index contributed by atoms with van der Waals surface area (Å²) < 4.78 is 5.55.